The van der Waals surface area contributed by atoms with Crippen molar-refractivity contribution in [2.45, 2.75) is 79.6 Å². The van der Waals surface area contributed by atoms with Gasteiger partial charge in [0.15, 0.2) is 0 Å². The van der Waals surface area contributed by atoms with E-state index in [1.807, 2.05) is 26.2 Å². The topological polar surface area (TPSA) is 16.1 Å². The van der Waals surface area contributed by atoms with Crippen LogP contribution >= 0.6 is 0 Å². The maximum atomic E-state index is 4.61. The van der Waals surface area contributed by atoms with Gasteiger partial charge in [0.25, 0.3) is 0 Å². The summed E-state index contributed by atoms with van der Waals surface area (Å²) >= 11 is 0. The number of likely N-dealkylation sites (tertiary alicyclic amines) is 1. The number of rotatable bonds is 7. The Morgan fingerprint density at radius 3 is 2.19 bits per heavy atom. The molecule has 2 heteroatoms. The molecule has 1 aliphatic heterocycles. The first-order chi connectivity index (χ1) is 18.1. The average molecular weight is 497 g/mol. The van der Waals surface area contributed by atoms with Gasteiger partial charge in [-0.05, 0) is 74.1 Å². The number of allylic oxidation sites excluding steroid dienone is 6. The van der Waals surface area contributed by atoms with Crippen molar-refractivity contribution in [2.75, 3.05) is 13.1 Å². The highest BCUT2D eigenvalue weighted by Crippen LogP contribution is 2.33. The Kier molecular flexibility index (Phi) is 11.5. The van der Waals surface area contributed by atoms with Gasteiger partial charge in [-0.2, -0.15) is 0 Å². The van der Waals surface area contributed by atoms with Crippen molar-refractivity contribution in [3.63, 3.8) is 0 Å². The van der Waals surface area contributed by atoms with Crippen LogP contribution in [0.4, 0.5) is 0 Å². The van der Waals surface area contributed by atoms with Crippen LogP contribution in [0.25, 0.3) is 22.4 Å². The van der Waals surface area contributed by atoms with Crippen LogP contribution < -0.4 is 0 Å². The summed E-state index contributed by atoms with van der Waals surface area (Å²) in [6, 6.07) is 11.3. The number of hydrogen-bond acceptors (Lipinski definition) is 2. The van der Waals surface area contributed by atoms with E-state index in [4.69, 9.17) is 0 Å². The Morgan fingerprint density at radius 2 is 1.57 bits per heavy atom. The lowest BCUT2D eigenvalue weighted by Crippen LogP contribution is -2.31. The third-order valence-corrected chi connectivity index (χ3v) is 7.80. The Morgan fingerprint density at radius 1 is 0.892 bits per heavy atom. The Labute approximate surface area is 226 Å². The van der Waals surface area contributed by atoms with Gasteiger partial charge in [0, 0.05) is 42.3 Å². The molecule has 0 atom stereocenters. The van der Waals surface area contributed by atoms with Crippen molar-refractivity contribution in [1.82, 2.24) is 9.88 Å². The molecule has 2 nitrogen and oxygen atoms in total. The van der Waals surface area contributed by atoms with Gasteiger partial charge in [-0.15, -0.1) is 0 Å². The number of aromatic nitrogens is 1. The van der Waals surface area contributed by atoms with E-state index in [9.17, 15) is 0 Å². The van der Waals surface area contributed by atoms with Gasteiger partial charge in [0.05, 0.1) is 0 Å². The van der Waals surface area contributed by atoms with Crippen molar-refractivity contribution >= 4 is 11.3 Å². The molecule has 2 aromatic rings. The molecule has 0 N–H and O–H groups in total. The maximum absolute atomic E-state index is 4.61. The molecule has 2 fully saturated rings. The second kappa shape index (κ2) is 14.8. The molecule has 1 saturated heterocycles. The summed E-state index contributed by atoms with van der Waals surface area (Å²) in [5, 5.41) is 0. The fraction of sp³-hybridized carbons (Fsp3) is 0.457. The second-order valence-corrected chi connectivity index (χ2v) is 10.4. The van der Waals surface area contributed by atoms with E-state index < -0.39 is 0 Å². The lowest BCUT2D eigenvalue weighted by Gasteiger charge is -2.34. The van der Waals surface area contributed by atoms with Crippen LogP contribution in [0, 0.1) is 11.8 Å². The molecule has 1 aromatic carbocycles. The van der Waals surface area contributed by atoms with E-state index in [1.165, 1.54) is 72.9 Å². The summed E-state index contributed by atoms with van der Waals surface area (Å²) < 4.78 is 0. The third kappa shape index (κ3) is 7.81. The zero-order valence-electron chi connectivity index (χ0n) is 24.0. The number of pyridine rings is 1. The first-order valence-electron chi connectivity index (χ1n) is 14.6. The first-order valence-corrected chi connectivity index (χ1v) is 14.6. The fourth-order valence-electron chi connectivity index (χ4n) is 5.57. The zero-order chi connectivity index (χ0) is 26.6. The predicted molar refractivity (Wildman–Crippen MR) is 163 cm³/mol. The standard InChI is InChI=1S/C33H42N2.C2H6/c1-5-10-30(21-26(4)27-11-8-7-9-12-27)32-22-31(23-34-24-32)28-13-15-29(16-14-28)33(6-2)35-19-17-25(3)18-20-35;1-2/h5-6,10,13-16,21-25,27H,4,7-9,11-12,17-20H2,1-3H3;1-2H3/b10-5-,30-21+,33-6+;. The fourth-order valence-corrected chi connectivity index (χ4v) is 5.57. The highest BCUT2D eigenvalue weighted by Gasteiger charge is 2.19. The van der Waals surface area contributed by atoms with Gasteiger partial charge in [-0.1, -0.05) is 101 Å². The van der Waals surface area contributed by atoms with Gasteiger partial charge in [0.2, 0.25) is 0 Å². The van der Waals surface area contributed by atoms with Gasteiger partial charge < -0.3 is 4.90 Å². The Bertz CT molecular complexity index is 1070. The summed E-state index contributed by atoms with van der Waals surface area (Å²) in [4.78, 5) is 7.16. The van der Waals surface area contributed by atoms with Crippen molar-refractivity contribution < 1.29 is 0 Å². The second-order valence-electron chi connectivity index (χ2n) is 10.4. The van der Waals surface area contributed by atoms with Crippen LogP contribution in [0.5, 0.6) is 0 Å². The van der Waals surface area contributed by atoms with Crippen molar-refractivity contribution in [3.8, 4) is 11.1 Å². The minimum absolute atomic E-state index is 0.622. The molecule has 0 unspecified atom stereocenters. The highest BCUT2D eigenvalue weighted by atomic mass is 15.1. The average Bonchev–Trinajstić information content (AvgIpc) is 2.96. The maximum Gasteiger partial charge on any atom is 0.0396 e. The summed E-state index contributed by atoms with van der Waals surface area (Å²) in [6.45, 7) is 17.4. The molecule has 1 aliphatic carbocycles. The Balaban J connectivity index is 0.00000186. The molecule has 4 rings (SSSR count). The van der Waals surface area contributed by atoms with Gasteiger partial charge >= 0.3 is 0 Å². The minimum atomic E-state index is 0.622. The van der Waals surface area contributed by atoms with Gasteiger partial charge in [-0.3, -0.25) is 4.98 Å². The largest absolute Gasteiger partial charge is 0.371 e. The minimum Gasteiger partial charge on any atom is -0.371 e. The van der Waals surface area contributed by atoms with Crippen LogP contribution in [-0.2, 0) is 0 Å². The molecule has 0 radical (unpaired) electrons. The van der Waals surface area contributed by atoms with E-state index >= 15 is 0 Å². The van der Waals surface area contributed by atoms with Gasteiger partial charge in [0.1, 0.15) is 0 Å². The summed E-state index contributed by atoms with van der Waals surface area (Å²) in [6.07, 6.45) is 21.9. The quantitative estimate of drug-likeness (QED) is 0.354. The molecular weight excluding hydrogens is 448 g/mol. The number of nitrogens with zero attached hydrogens (tertiary/aromatic N) is 2. The van der Waals surface area contributed by atoms with E-state index in [-0.39, 0.29) is 0 Å². The lowest BCUT2D eigenvalue weighted by molar-refractivity contribution is 0.268. The van der Waals surface area contributed by atoms with E-state index in [0.29, 0.717) is 5.92 Å². The summed E-state index contributed by atoms with van der Waals surface area (Å²) in [7, 11) is 0. The van der Waals surface area contributed by atoms with Crippen LogP contribution in [-0.4, -0.2) is 23.0 Å². The molecular formula is C35H48N2. The molecule has 0 bridgehead atoms. The smallest absolute Gasteiger partial charge is 0.0396 e. The van der Waals surface area contributed by atoms with E-state index in [2.05, 4.69) is 91.9 Å². The third-order valence-electron chi connectivity index (χ3n) is 7.80. The van der Waals surface area contributed by atoms with Crippen molar-refractivity contribution in [3.05, 3.63) is 90.3 Å². The summed E-state index contributed by atoms with van der Waals surface area (Å²) in [5.41, 5.74) is 8.63. The van der Waals surface area contributed by atoms with Crippen molar-refractivity contribution in [2.24, 2.45) is 11.8 Å². The monoisotopic (exact) mass is 496 g/mol. The van der Waals surface area contributed by atoms with Crippen LogP contribution in [0.3, 0.4) is 0 Å². The molecule has 1 saturated carbocycles. The van der Waals surface area contributed by atoms with E-state index in [1.54, 1.807) is 0 Å². The zero-order valence-corrected chi connectivity index (χ0v) is 24.0. The van der Waals surface area contributed by atoms with Gasteiger partial charge in [-0.25, -0.2) is 0 Å². The first kappa shape index (κ1) is 28.7. The molecule has 37 heavy (non-hydrogen) atoms. The van der Waals surface area contributed by atoms with Crippen LogP contribution in [0.2, 0.25) is 0 Å². The molecule has 2 heterocycles. The molecule has 1 aromatic heterocycles. The molecule has 0 amide bonds. The normalized spacial score (nSPS) is 18.0. The number of benzene rings is 1. The summed E-state index contributed by atoms with van der Waals surface area (Å²) in [5.74, 6) is 1.46. The predicted octanol–water partition coefficient (Wildman–Crippen LogP) is 9.96. The molecule has 2 aliphatic rings. The molecule has 0 spiro atoms. The van der Waals surface area contributed by atoms with Crippen LogP contribution in [0.1, 0.15) is 90.7 Å². The van der Waals surface area contributed by atoms with Crippen LogP contribution in [0.15, 0.2) is 79.2 Å². The SMILES string of the molecule is C=C(/C=C(\C=C/C)c1cncc(-c2ccc(/C(=C\C)N3CCC(C)CC3)cc2)c1)C1CCCCC1.CC. The highest BCUT2D eigenvalue weighted by molar-refractivity contribution is 5.79. The van der Waals surface area contributed by atoms with E-state index in [0.717, 1.165) is 30.1 Å². The van der Waals surface area contributed by atoms with Crippen molar-refractivity contribution in [1.29, 1.82) is 0 Å². The lowest BCUT2D eigenvalue weighted by atomic mass is 9.83. The Hall–Kier alpha value is -2.87. The number of piperidine rings is 1. The molecule has 198 valence electrons. The number of hydrogen-bond donors (Lipinski definition) is 0.